The third-order valence-electron chi connectivity index (χ3n) is 1.96. The Bertz CT molecular complexity index is 279. The summed E-state index contributed by atoms with van der Waals surface area (Å²) in [6.45, 7) is 3.80. The normalized spacial score (nSPS) is 12.6. The summed E-state index contributed by atoms with van der Waals surface area (Å²) in [5.41, 5.74) is 2.23. The lowest BCUT2D eigenvalue weighted by Gasteiger charge is -2.10. The molecule has 72 valence electrons. The molecular formula is C11H16O2. The van der Waals surface area contributed by atoms with Crippen molar-refractivity contribution in [1.29, 1.82) is 0 Å². The number of aliphatic hydroxyl groups excluding tert-OH is 1. The van der Waals surface area contributed by atoms with Gasteiger partial charge in [0.05, 0.1) is 13.2 Å². The summed E-state index contributed by atoms with van der Waals surface area (Å²) >= 11 is 0. The van der Waals surface area contributed by atoms with E-state index in [1.54, 1.807) is 14.0 Å². The van der Waals surface area contributed by atoms with Crippen molar-refractivity contribution in [1.82, 2.24) is 0 Å². The first-order valence-electron chi connectivity index (χ1n) is 4.45. The van der Waals surface area contributed by atoms with Gasteiger partial charge in [0.1, 0.15) is 5.75 Å². The number of ether oxygens (including phenoxy) is 1. The van der Waals surface area contributed by atoms with Crippen molar-refractivity contribution in [3.63, 3.8) is 0 Å². The molecule has 0 aliphatic heterocycles. The first-order chi connectivity index (χ1) is 6.13. The van der Waals surface area contributed by atoms with Gasteiger partial charge in [-0.15, -0.1) is 0 Å². The standard InChI is InChI=1S/C11H16O2/c1-8-4-5-10(7-9(2)12)11(6-8)13-3/h4-6,9,12H,7H2,1-3H3/t9-/m1/s1. The molecule has 1 aromatic carbocycles. The van der Waals surface area contributed by atoms with Crippen LogP contribution in [-0.2, 0) is 6.42 Å². The van der Waals surface area contributed by atoms with Gasteiger partial charge < -0.3 is 9.84 Å². The first-order valence-corrected chi connectivity index (χ1v) is 4.45. The summed E-state index contributed by atoms with van der Waals surface area (Å²) in [6.07, 6.45) is 0.320. The molecule has 0 radical (unpaired) electrons. The lowest BCUT2D eigenvalue weighted by Crippen LogP contribution is -2.05. The molecule has 0 saturated heterocycles. The van der Waals surface area contributed by atoms with Crippen molar-refractivity contribution in [2.45, 2.75) is 26.4 Å². The molecule has 0 fully saturated rings. The van der Waals surface area contributed by atoms with Crippen molar-refractivity contribution in [3.05, 3.63) is 29.3 Å². The molecule has 1 N–H and O–H groups in total. The van der Waals surface area contributed by atoms with Crippen molar-refractivity contribution in [3.8, 4) is 5.75 Å². The number of benzene rings is 1. The van der Waals surface area contributed by atoms with Gasteiger partial charge in [0.25, 0.3) is 0 Å². The SMILES string of the molecule is COc1cc(C)ccc1C[C@@H](C)O. The van der Waals surface area contributed by atoms with Crippen LogP contribution >= 0.6 is 0 Å². The summed E-state index contributed by atoms with van der Waals surface area (Å²) in [5, 5.41) is 9.24. The van der Waals surface area contributed by atoms with E-state index in [-0.39, 0.29) is 6.10 Å². The molecule has 13 heavy (non-hydrogen) atoms. The van der Waals surface area contributed by atoms with Gasteiger partial charge in [-0.25, -0.2) is 0 Å². The molecule has 0 spiro atoms. The zero-order valence-electron chi connectivity index (χ0n) is 8.37. The Hall–Kier alpha value is -1.02. The van der Waals surface area contributed by atoms with Crippen LogP contribution < -0.4 is 4.74 Å². The molecule has 0 aliphatic carbocycles. The molecule has 1 atom stereocenters. The monoisotopic (exact) mass is 180 g/mol. The zero-order valence-corrected chi connectivity index (χ0v) is 8.37. The van der Waals surface area contributed by atoms with Crippen LogP contribution in [0, 0.1) is 6.92 Å². The lowest BCUT2D eigenvalue weighted by atomic mass is 10.1. The van der Waals surface area contributed by atoms with Crippen molar-refractivity contribution < 1.29 is 9.84 Å². The zero-order chi connectivity index (χ0) is 9.84. The van der Waals surface area contributed by atoms with Crippen molar-refractivity contribution >= 4 is 0 Å². The second-order valence-electron chi connectivity index (χ2n) is 3.37. The third kappa shape index (κ3) is 2.74. The number of hydrogen-bond donors (Lipinski definition) is 1. The minimum absolute atomic E-state index is 0.323. The van der Waals surface area contributed by atoms with Gasteiger partial charge in [0.2, 0.25) is 0 Å². The molecule has 1 aromatic rings. The Labute approximate surface area is 79.2 Å². The minimum atomic E-state index is -0.323. The average molecular weight is 180 g/mol. The number of aryl methyl sites for hydroxylation is 1. The molecular weight excluding hydrogens is 164 g/mol. The highest BCUT2D eigenvalue weighted by Gasteiger charge is 2.05. The van der Waals surface area contributed by atoms with Crippen LogP contribution in [0.2, 0.25) is 0 Å². The molecule has 0 heterocycles. The Morgan fingerprint density at radius 2 is 2.15 bits per heavy atom. The van der Waals surface area contributed by atoms with Crippen LogP contribution in [0.5, 0.6) is 5.75 Å². The highest BCUT2D eigenvalue weighted by atomic mass is 16.5. The summed E-state index contributed by atoms with van der Waals surface area (Å²) in [5.74, 6) is 0.862. The summed E-state index contributed by atoms with van der Waals surface area (Å²) < 4.78 is 5.22. The van der Waals surface area contributed by atoms with Crippen molar-refractivity contribution in [2.24, 2.45) is 0 Å². The Kier molecular flexibility index (Phi) is 3.32. The highest BCUT2D eigenvalue weighted by molar-refractivity contribution is 5.37. The lowest BCUT2D eigenvalue weighted by molar-refractivity contribution is 0.194. The van der Waals surface area contributed by atoms with Gasteiger partial charge in [-0.3, -0.25) is 0 Å². The van der Waals surface area contributed by atoms with E-state index in [1.807, 2.05) is 25.1 Å². The third-order valence-corrected chi connectivity index (χ3v) is 1.96. The van der Waals surface area contributed by atoms with E-state index in [2.05, 4.69) is 0 Å². The number of rotatable bonds is 3. The number of aliphatic hydroxyl groups is 1. The van der Waals surface area contributed by atoms with Crippen LogP contribution in [0.4, 0.5) is 0 Å². The van der Waals surface area contributed by atoms with Gasteiger partial charge in [0, 0.05) is 6.42 Å². The maximum absolute atomic E-state index is 9.24. The van der Waals surface area contributed by atoms with E-state index in [4.69, 9.17) is 4.74 Å². The molecule has 2 nitrogen and oxygen atoms in total. The van der Waals surface area contributed by atoms with E-state index < -0.39 is 0 Å². The Morgan fingerprint density at radius 1 is 1.46 bits per heavy atom. The predicted molar refractivity (Wildman–Crippen MR) is 53.1 cm³/mol. The predicted octanol–water partition coefficient (Wildman–Crippen LogP) is 1.93. The van der Waals surface area contributed by atoms with Crippen LogP contribution in [-0.4, -0.2) is 18.3 Å². The van der Waals surface area contributed by atoms with E-state index in [9.17, 15) is 5.11 Å². The molecule has 0 aromatic heterocycles. The van der Waals surface area contributed by atoms with Crippen molar-refractivity contribution in [2.75, 3.05) is 7.11 Å². The van der Waals surface area contributed by atoms with Gasteiger partial charge in [0.15, 0.2) is 0 Å². The minimum Gasteiger partial charge on any atom is -0.496 e. The largest absolute Gasteiger partial charge is 0.496 e. The summed E-state index contributed by atoms with van der Waals surface area (Å²) in [4.78, 5) is 0. The van der Waals surface area contributed by atoms with Crippen LogP contribution in [0.3, 0.4) is 0 Å². The molecule has 0 saturated carbocycles. The van der Waals surface area contributed by atoms with Crippen LogP contribution in [0.15, 0.2) is 18.2 Å². The quantitative estimate of drug-likeness (QED) is 0.770. The number of methoxy groups -OCH3 is 1. The molecule has 0 aliphatic rings. The summed E-state index contributed by atoms with van der Waals surface area (Å²) in [7, 11) is 1.65. The second-order valence-corrected chi connectivity index (χ2v) is 3.37. The fourth-order valence-electron chi connectivity index (χ4n) is 1.34. The second kappa shape index (κ2) is 4.28. The Morgan fingerprint density at radius 3 is 2.69 bits per heavy atom. The molecule has 2 heteroatoms. The van der Waals surface area contributed by atoms with Gasteiger partial charge in [-0.1, -0.05) is 12.1 Å². The maximum Gasteiger partial charge on any atom is 0.122 e. The number of hydrogen-bond acceptors (Lipinski definition) is 2. The van der Waals surface area contributed by atoms with Crippen LogP contribution in [0.1, 0.15) is 18.1 Å². The van der Waals surface area contributed by atoms with Gasteiger partial charge >= 0.3 is 0 Å². The van der Waals surface area contributed by atoms with Crippen LogP contribution in [0.25, 0.3) is 0 Å². The molecule has 0 bridgehead atoms. The maximum atomic E-state index is 9.24. The first kappa shape index (κ1) is 10.1. The molecule has 0 unspecified atom stereocenters. The fraction of sp³-hybridized carbons (Fsp3) is 0.455. The smallest absolute Gasteiger partial charge is 0.122 e. The van der Waals surface area contributed by atoms with E-state index in [0.29, 0.717) is 6.42 Å². The van der Waals surface area contributed by atoms with E-state index in [0.717, 1.165) is 11.3 Å². The molecule has 1 rings (SSSR count). The topological polar surface area (TPSA) is 29.5 Å². The molecule has 0 amide bonds. The van der Waals surface area contributed by atoms with Gasteiger partial charge in [-0.2, -0.15) is 0 Å². The fourth-order valence-corrected chi connectivity index (χ4v) is 1.34. The highest BCUT2D eigenvalue weighted by Crippen LogP contribution is 2.21. The van der Waals surface area contributed by atoms with Gasteiger partial charge in [-0.05, 0) is 31.0 Å². The average Bonchev–Trinajstić information content (AvgIpc) is 2.07. The Balaban J connectivity index is 2.92. The van der Waals surface area contributed by atoms with E-state index >= 15 is 0 Å². The summed E-state index contributed by atoms with van der Waals surface area (Å²) in [6, 6.07) is 6.01. The van der Waals surface area contributed by atoms with E-state index in [1.165, 1.54) is 5.56 Å².